The first-order valence-corrected chi connectivity index (χ1v) is 3.77. The first-order valence-electron chi connectivity index (χ1n) is 3.77. The van der Waals surface area contributed by atoms with E-state index in [1.807, 2.05) is 0 Å². The maximum Gasteiger partial charge on any atom is 0.310 e. The van der Waals surface area contributed by atoms with Gasteiger partial charge < -0.3 is 10.2 Å². The van der Waals surface area contributed by atoms with Crippen molar-refractivity contribution in [3.8, 4) is 5.75 Å². The van der Waals surface area contributed by atoms with Crippen LogP contribution in [0.3, 0.4) is 0 Å². The van der Waals surface area contributed by atoms with Crippen molar-refractivity contribution in [2.45, 2.75) is 6.10 Å². The second-order valence-corrected chi connectivity index (χ2v) is 2.68. The number of halogens is 1. The van der Waals surface area contributed by atoms with Gasteiger partial charge in [0.05, 0.1) is 4.92 Å². The summed E-state index contributed by atoms with van der Waals surface area (Å²) < 4.78 is 12.0. The standard InChI is InChI=1S/C8H8FNO4/c9-4-8(12)5-1-2-6(10(13)14)7(11)3-5/h1-3,8,11-12H,4H2/t8-/m1/s1. The summed E-state index contributed by atoms with van der Waals surface area (Å²) in [7, 11) is 0. The van der Waals surface area contributed by atoms with Crippen LogP contribution in [0.5, 0.6) is 5.75 Å². The fraction of sp³-hybridized carbons (Fsp3) is 0.250. The fourth-order valence-electron chi connectivity index (χ4n) is 0.991. The Balaban J connectivity index is 3.06. The van der Waals surface area contributed by atoms with E-state index in [4.69, 9.17) is 10.2 Å². The smallest absolute Gasteiger partial charge is 0.310 e. The molecule has 0 aromatic heterocycles. The molecule has 1 aromatic carbocycles. The first-order chi connectivity index (χ1) is 6.56. The Kier molecular flexibility index (Phi) is 2.98. The lowest BCUT2D eigenvalue weighted by Gasteiger charge is -2.06. The Labute approximate surface area is 78.6 Å². The summed E-state index contributed by atoms with van der Waals surface area (Å²) in [4.78, 5) is 9.52. The van der Waals surface area contributed by atoms with E-state index >= 15 is 0 Å². The van der Waals surface area contributed by atoms with Crippen molar-refractivity contribution in [2.75, 3.05) is 6.67 Å². The number of phenols is 1. The summed E-state index contributed by atoms with van der Waals surface area (Å²) in [5.41, 5.74) is -0.365. The molecule has 76 valence electrons. The molecule has 0 spiro atoms. The maximum absolute atomic E-state index is 12.0. The monoisotopic (exact) mass is 201 g/mol. The van der Waals surface area contributed by atoms with Gasteiger partial charge in [0.15, 0.2) is 5.75 Å². The van der Waals surface area contributed by atoms with E-state index in [9.17, 15) is 14.5 Å². The van der Waals surface area contributed by atoms with Crippen LogP contribution in [-0.4, -0.2) is 21.8 Å². The zero-order valence-electron chi connectivity index (χ0n) is 7.05. The summed E-state index contributed by atoms with van der Waals surface area (Å²) in [5, 5.41) is 28.4. The lowest BCUT2D eigenvalue weighted by Crippen LogP contribution is -1.99. The van der Waals surface area contributed by atoms with Gasteiger partial charge in [0, 0.05) is 6.07 Å². The number of aliphatic hydroxyl groups excluding tert-OH is 1. The molecular formula is C8H8FNO4. The predicted octanol–water partition coefficient (Wildman–Crippen LogP) is 1.30. The molecular weight excluding hydrogens is 193 g/mol. The molecule has 1 aromatic rings. The van der Waals surface area contributed by atoms with Gasteiger partial charge in [0.1, 0.15) is 12.8 Å². The quantitative estimate of drug-likeness (QED) is 0.570. The number of alkyl halides is 1. The topological polar surface area (TPSA) is 83.6 Å². The lowest BCUT2D eigenvalue weighted by molar-refractivity contribution is -0.385. The van der Waals surface area contributed by atoms with Crippen molar-refractivity contribution in [2.24, 2.45) is 0 Å². The Hall–Kier alpha value is -1.69. The molecule has 0 heterocycles. The van der Waals surface area contributed by atoms with E-state index in [0.717, 1.165) is 12.1 Å². The van der Waals surface area contributed by atoms with Crippen LogP contribution in [0.4, 0.5) is 10.1 Å². The van der Waals surface area contributed by atoms with Crippen molar-refractivity contribution < 1.29 is 19.5 Å². The van der Waals surface area contributed by atoms with Crippen LogP contribution in [0.2, 0.25) is 0 Å². The van der Waals surface area contributed by atoms with Crippen molar-refractivity contribution in [3.63, 3.8) is 0 Å². The van der Waals surface area contributed by atoms with Crippen molar-refractivity contribution in [3.05, 3.63) is 33.9 Å². The maximum atomic E-state index is 12.0. The Bertz CT molecular complexity index is 355. The molecule has 0 fully saturated rings. The van der Waals surface area contributed by atoms with Gasteiger partial charge in [-0.25, -0.2) is 4.39 Å². The van der Waals surface area contributed by atoms with E-state index < -0.39 is 29.1 Å². The second-order valence-electron chi connectivity index (χ2n) is 2.68. The first kappa shape index (κ1) is 10.4. The summed E-state index contributed by atoms with van der Waals surface area (Å²) >= 11 is 0. The Morgan fingerprint density at radius 3 is 2.64 bits per heavy atom. The second kappa shape index (κ2) is 4.01. The molecule has 0 saturated heterocycles. The van der Waals surface area contributed by atoms with Crippen LogP contribution >= 0.6 is 0 Å². The number of rotatable bonds is 3. The molecule has 6 heteroatoms. The molecule has 0 bridgehead atoms. The van der Waals surface area contributed by atoms with Gasteiger partial charge in [0.25, 0.3) is 0 Å². The molecule has 0 aliphatic heterocycles. The minimum Gasteiger partial charge on any atom is -0.502 e. The number of nitro benzene ring substituents is 1. The highest BCUT2D eigenvalue weighted by Gasteiger charge is 2.15. The highest BCUT2D eigenvalue weighted by atomic mass is 19.1. The molecule has 0 amide bonds. The highest BCUT2D eigenvalue weighted by molar-refractivity contribution is 5.47. The van der Waals surface area contributed by atoms with Crippen LogP contribution in [0.1, 0.15) is 11.7 Å². The number of hydrogen-bond acceptors (Lipinski definition) is 4. The van der Waals surface area contributed by atoms with Crippen LogP contribution in [0.15, 0.2) is 18.2 Å². The van der Waals surface area contributed by atoms with Gasteiger partial charge >= 0.3 is 5.69 Å². The average Bonchev–Trinajstić information content (AvgIpc) is 2.15. The molecule has 0 radical (unpaired) electrons. The van der Waals surface area contributed by atoms with Crippen LogP contribution in [-0.2, 0) is 0 Å². The molecule has 0 aliphatic rings. The van der Waals surface area contributed by atoms with Crippen LogP contribution in [0.25, 0.3) is 0 Å². The summed E-state index contributed by atoms with van der Waals surface area (Å²) in [6.07, 6.45) is -1.36. The number of aliphatic hydroxyl groups is 1. The summed E-state index contributed by atoms with van der Waals surface area (Å²) in [6.45, 7) is -1.00. The van der Waals surface area contributed by atoms with E-state index in [1.165, 1.54) is 6.07 Å². The van der Waals surface area contributed by atoms with Crippen LogP contribution in [0, 0.1) is 10.1 Å². The van der Waals surface area contributed by atoms with Crippen molar-refractivity contribution in [1.82, 2.24) is 0 Å². The van der Waals surface area contributed by atoms with Crippen LogP contribution < -0.4 is 0 Å². The number of hydrogen-bond donors (Lipinski definition) is 2. The molecule has 5 nitrogen and oxygen atoms in total. The van der Waals surface area contributed by atoms with Gasteiger partial charge in [-0.15, -0.1) is 0 Å². The fourth-order valence-corrected chi connectivity index (χ4v) is 0.991. The van der Waals surface area contributed by atoms with Crippen molar-refractivity contribution >= 4 is 5.69 Å². The zero-order chi connectivity index (χ0) is 10.7. The van der Waals surface area contributed by atoms with Gasteiger partial charge in [-0.05, 0) is 17.7 Å². The number of nitro groups is 1. The number of benzene rings is 1. The minimum atomic E-state index is -1.36. The third kappa shape index (κ3) is 1.97. The zero-order valence-corrected chi connectivity index (χ0v) is 7.05. The highest BCUT2D eigenvalue weighted by Crippen LogP contribution is 2.28. The van der Waals surface area contributed by atoms with Gasteiger partial charge in [0.2, 0.25) is 0 Å². The molecule has 0 saturated carbocycles. The summed E-state index contributed by atoms with van der Waals surface area (Å²) in [6, 6.07) is 3.19. The Morgan fingerprint density at radius 2 is 2.21 bits per heavy atom. The van der Waals surface area contributed by atoms with E-state index in [0.29, 0.717) is 0 Å². The predicted molar refractivity (Wildman–Crippen MR) is 45.7 cm³/mol. The van der Waals surface area contributed by atoms with E-state index in [1.54, 1.807) is 0 Å². The SMILES string of the molecule is O=[N+]([O-])c1ccc([C@H](O)CF)cc1O. The number of phenolic OH excluding ortho intramolecular Hbond substituents is 1. The molecule has 1 rings (SSSR count). The third-order valence-corrected chi connectivity index (χ3v) is 1.73. The minimum absolute atomic E-state index is 0.107. The molecule has 0 unspecified atom stereocenters. The molecule has 2 N–H and O–H groups in total. The van der Waals surface area contributed by atoms with E-state index in [2.05, 4.69) is 0 Å². The molecule has 1 atom stereocenters. The number of aromatic hydroxyl groups is 1. The third-order valence-electron chi connectivity index (χ3n) is 1.73. The van der Waals surface area contributed by atoms with Gasteiger partial charge in [-0.1, -0.05) is 0 Å². The average molecular weight is 201 g/mol. The van der Waals surface area contributed by atoms with Gasteiger partial charge in [-0.2, -0.15) is 0 Å². The Morgan fingerprint density at radius 1 is 1.57 bits per heavy atom. The number of nitrogens with zero attached hydrogens (tertiary/aromatic N) is 1. The van der Waals surface area contributed by atoms with Gasteiger partial charge in [-0.3, -0.25) is 10.1 Å². The largest absolute Gasteiger partial charge is 0.502 e. The molecule has 14 heavy (non-hydrogen) atoms. The normalized spacial score (nSPS) is 12.4. The summed E-state index contributed by atoms with van der Waals surface area (Å²) in [5.74, 6) is -0.583. The molecule has 0 aliphatic carbocycles. The van der Waals surface area contributed by atoms with E-state index in [-0.39, 0.29) is 5.56 Å². The van der Waals surface area contributed by atoms with Crippen molar-refractivity contribution in [1.29, 1.82) is 0 Å². The lowest BCUT2D eigenvalue weighted by atomic mass is 10.1.